The molecule has 1 aliphatic heterocycles. The molecular weight excluding hydrogens is 248 g/mol. The van der Waals surface area contributed by atoms with Gasteiger partial charge in [-0.15, -0.1) is 0 Å². The van der Waals surface area contributed by atoms with Crippen molar-refractivity contribution in [2.24, 2.45) is 5.41 Å². The van der Waals surface area contributed by atoms with Gasteiger partial charge in [-0.25, -0.2) is 0 Å². The van der Waals surface area contributed by atoms with Crippen LogP contribution in [0.4, 0.5) is 0 Å². The van der Waals surface area contributed by atoms with Gasteiger partial charge in [0.15, 0.2) is 0 Å². The Labute approximate surface area is 123 Å². The fourth-order valence-electron chi connectivity index (χ4n) is 2.64. The Morgan fingerprint density at radius 3 is 2.80 bits per heavy atom. The highest BCUT2D eigenvalue weighted by molar-refractivity contribution is 5.44. The van der Waals surface area contributed by atoms with Crippen LogP contribution in [0.5, 0.6) is 11.5 Å². The molecule has 1 aromatic rings. The molecule has 2 unspecified atom stereocenters. The van der Waals surface area contributed by atoms with E-state index in [1.807, 2.05) is 6.07 Å². The van der Waals surface area contributed by atoms with Gasteiger partial charge in [0.05, 0.1) is 12.7 Å². The van der Waals surface area contributed by atoms with E-state index in [0.29, 0.717) is 11.3 Å². The van der Waals surface area contributed by atoms with Crippen molar-refractivity contribution in [3.8, 4) is 11.5 Å². The summed E-state index contributed by atoms with van der Waals surface area (Å²) in [5, 5.41) is 0. The lowest BCUT2D eigenvalue weighted by Crippen LogP contribution is -2.13. The lowest BCUT2D eigenvalue weighted by atomic mass is 9.89. The van der Waals surface area contributed by atoms with Gasteiger partial charge >= 0.3 is 0 Å². The van der Waals surface area contributed by atoms with E-state index < -0.39 is 0 Å². The molecule has 0 aromatic heterocycles. The zero-order chi connectivity index (χ0) is 14.8. The number of ether oxygens (including phenoxy) is 2. The van der Waals surface area contributed by atoms with Gasteiger partial charge < -0.3 is 9.47 Å². The molecule has 0 saturated heterocycles. The molecule has 0 spiro atoms. The van der Waals surface area contributed by atoms with Crippen LogP contribution < -0.4 is 9.47 Å². The molecule has 2 nitrogen and oxygen atoms in total. The van der Waals surface area contributed by atoms with Gasteiger partial charge in [-0.2, -0.15) is 0 Å². The Morgan fingerprint density at radius 2 is 2.10 bits per heavy atom. The average Bonchev–Trinajstić information content (AvgIpc) is 2.69. The standard InChI is InChI=1S/C18H28O2/c1-13-12-19-17-11-15(8-9-16(13)17)20-14(2)7-6-10-18(3,4)5/h8-9,11,13-14H,6-7,10,12H2,1-5H3. The van der Waals surface area contributed by atoms with Crippen LogP contribution in [0.15, 0.2) is 18.2 Å². The van der Waals surface area contributed by atoms with Crippen molar-refractivity contribution in [1.29, 1.82) is 0 Å². The summed E-state index contributed by atoms with van der Waals surface area (Å²) in [5.41, 5.74) is 1.72. The second-order valence-corrected chi connectivity index (χ2v) is 7.29. The monoisotopic (exact) mass is 276 g/mol. The number of benzene rings is 1. The second-order valence-electron chi connectivity index (χ2n) is 7.29. The average molecular weight is 276 g/mol. The van der Waals surface area contributed by atoms with E-state index in [0.717, 1.165) is 24.5 Å². The van der Waals surface area contributed by atoms with Gasteiger partial charge in [-0.3, -0.25) is 0 Å². The fraction of sp³-hybridized carbons (Fsp3) is 0.667. The van der Waals surface area contributed by atoms with Crippen molar-refractivity contribution in [1.82, 2.24) is 0 Å². The molecule has 2 rings (SSSR count). The summed E-state index contributed by atoms with van der Waals surface area (Å²) in [4.78, 5) is 0. The van der Waals surface area contributed by atoms with Crippen LogP contribution in [0.3, 0.4) is 0 Å². The fourth-order valence-corrected chi connectivity index (χ4v) is 2.64. The van der Waals surface area contributed by atoms with Crippen molar-refractivity contribution in [2.75, 3.05) is 6.61 Å². The molecule has 0 amide bonds. The topological polar surface area (TPSA) is 18.5 Å². The Bertz CT molecular complexity index is 445. The molecule has 0 aliphatic carbocycles. The van der Waals surface area contributed by atoms with E-state index in [4.69, 9.17) is 9.47 Å². The zero-order valence-corrected chi connectivity index (χ0v) is 13.5. The first-order valence-electron chi connectivity index (χ1n) is 7.78. The normalized spacial score (nSPS) is 19.4. The van der Waals surface area contributed by atoms with E-state index in [2.05, 4.69) is 46.8 Å². The number of hydrogen-bond donors (Lipinski definition) is 0. The molecule has 1 aromatic carbocycles. The molecule has 1 aliphatic rings. The SMILES string of the molecule is CC(CCCC(C)(C)C)Oc1ccc2c(c1)OCC2C. The summed E-state index contributed by atoms with van der Waals surface area (Å²) in [6.07, 6.45) is 3.81. The molecule has 2 heteroatoms. The Hall–Kier alpha value is -1.18. The van der Waals surface area contributed by atoms with Crippen molar-refractivity contribution in [3.05, 3.63) is 23.8 Å². The maximum absolute atomic E-state index is 6.01. The Morgan fingerprint density at radius 1 is 1.35 bits per heavy atom. The van der Waals surface area contributed by atoms with Crippen molar-refractivity contribution in [3.63, 3.8) is 0 Å². The lowest BCUT2D eigenvalue weighted by Gasteiger charge is -2.20. The molecule has 2 atom stereocenters. The van der Waals surface area contributed by atoms with E-state index in [-0.39, 0.29) is 6.10 Å². The molecule has 0 radical (unpaired) electrons. The van der Waals surface area contributed by atoms with E-state index in [1.54, 1.807) is 0 Å². The van der Waals surface area contributed by atoms with Gasteiger partial charge in [-0.05, 0) is 37.7 Å². The second kappa shape index (κ2) is 6.07. The van der Waals surface area contributed by atoms with Crippen LogP contribution in [0.1, 0.15) is 65.4 Å². The maximum atomic E-state index is 6.01. The zero-order valence-electron chi connectivity index (χ0n) is 13.5. The van der Waals surface area contributed by atoms with Gasteiger partial charge in [0, 0.05) is 17.5 Å². The van der Waals surface area contributed by atoms with Crippen LogP contribution in [0, 0.1) is 5.41 Å². The largest absolute Gasteiger partial charge is 0.493 e. The Balaban J connectivity index is 1.84. The third kappa shape index (κ3) is 4.16. The first-order valence-corrected chi connectivity index (χ1v) is 7.78. The quantitative estimate of drug-likeness (QED) is 0.739. The minimum Gasteiger partial charge on any atom is -0.493 e. The van der Waals surface area contributed by atoms with Gasteiger partial charge in [-0.1, -0.05) is 33.8 Å². The number of fused-ring (bicyclic) bond motifs is 1. The summed E-state index contributed by atoms with van der Waals surface area (Å²) in [5.74, 6) is 2.43. The molecule has 0 N–H and O–H groups in total. The van der Waals surface area contributed by atoms with Crippen LogP contribution in [-0.2, 0) is 0 Å². The summed E-state index contributed by atoms with van der Waals surface area (Å²) in [6, 6.07) is 6.26. The predicted octanol–water partition coefficient (Wildman–Crippen LogP) is 5.17. The van der Waals surface area contributed by atoms with Crippen LogP contribution >= 0.6 is 0 Å². The highest BCUT2D eigenvalue weighted by atomic mass is 16.5. The third-order valence-corrected chi connectivity index (χ3v) is 3.88. The third-order valence-electron chi connectivity index (χ3n) is 3.88. The van der Waals surface area contributed by atoms with Crippen LogP contribution in [0.25, 0.3) is 0 Å². The molecule has 0 fully saturated rings. The maximum Gasteiger partial charge on any atom is 0.126 e. The van der Waals surface area contributed by atoms with E-state index in [1.165, 1.54) is 18.4 Å². The molecule has 0 bridgehead atoms. The van der Waals surface area contributed by atoms with Gasteiger partial charge in [0.2, 0.25) is 0 Å². The van der Waals surface area contributed by atoms with E-state index >= 15 is 0 Å². The van der Waals surface area contributed by atoms with Crippen molar-refractivity contribution in [2.45, 2.75) is 65.9 Å². The molecular formula is C18H28O2. The smallest absolute Gasteiger partial charge is 0.126 e. The highest BCUT2D eigenvalue weighted by Crippen LogP contribution is 2.36. The van der Waals surface area contributed by atoms with Crippen LogP contribution in [-0.4, -0.2) is 12.7 Å². The Kier molecular flexibility index (Phi) is 4.62. The van der Waals surface area contributed by atoms with Crippen molar-refractivity contribution < 1.29 is 9.47 Å². The molecule has 112 valence electrons. The van der Waals surface area contributed by atoms with Gasteiger partial charge in [0.1, 0.15) is 11.5 Å². The summed E-state index contributed by atoms with van der Waals surface area (Å²) in [7, 11) is 0. The summed E-state index contributed by atoms with van der Waals surface area (Å²) in [6.45, 7) is 12.0. The highest BCUT2D eigenvalue weighted by Gasteiger charge is 2.20. The first-order chi connectivity index (χ1) is 9.35. The summed E-state index contributed by atoms with van der Waals surface area (Å²) >= 11 is 0. The molecule has 0 saturated carbocycles. The summed E-state index contributed by atoms with van der Waals surface area (Å²) < 4.78 is 11.7. The van der Waals surface area contributed by atoms with Crippen LogP contribution in [0.2, 0.25) is 0 Å². The first kappa shape index (κ1) is 15.2. The van der Waals surface area contributed by atoms with Gasteiger partial charge in [0.25, 0.3) is 0 Å². The molecule has 1 heterocycles. The minimum atomic E-state index is 0.259. The number of hydrogen-bond acceptors (Lipinski definition) is 2. The lowest BCUT2D eigenvalue weighted by molar-refractivity contribution is 0.198. The predicted molar refractivity (Wildman–Crippen MR) is 83.7 cm³/mol. The van der Waals surface area contributed by atoms with E-state index in [9.17, 15) is 0 Å². The van der Waals surface area contributed by atoms with Crippen molar-refractivity contribution >= 4 is 0 Å². The molecule has 20 heavy (non-hydrogen) atoms. The minimum absolute atomic E-state index is 0.259. The number of rotatable bonds is 5.